The second-order valence-corrected chi connectivity index (χ2v) is 4.01. The zero-order chi connectivity index (χ0) is 8.85. The van der Waals surface area contributed by atoms with Gasteiger partial charge in [0.25, 0.3) is 0 Å². The highest BCUT2D eigenvalue weighted by Gasteiger charge is 2.04. The van der Waals surface area contributed by atoms with Crippen LogP contribution in [-0.2, 0) is 11.1 Å². The third kappa shape index (κ3) is 6.47. The summed E-state index contributed by atoms with van der Waals surface area (Å²) < 4.78 is 20.2. The molecule has 0 heterocycles. The van der Waals surface area contributed by atoms with Gasteiger partial charge in [-0.25, -0.2) is 0 Å². The minimum absolute atomic E-state index is 0.205. The van der Waals surface area contributed by atoms with E-state index in [1.54, 1.807) is 0 Å². The number of nitrogens with one attached hydrogen (secondary N) is 1. The molecule has 0 fully saturated rings. The first-order valence-electron chi connectivity index (χ1n) is 3.83. The topological polar surface area (TPSA) is 52.2 Å². The Kier molecular flexibility index (Phi) is 5.72. The molecule has 3 nitrogen and oxygen atoms in total. The van der Waals surface area contributed by atoms with Crippen LogP contribution in [0.1, 0.15) is 20.8 Å². The van der Waals surface area contributed by atoms with E-state index < -0.39 is 11.1 Å². The summed E-state index contributed by atoms with van der Waals surface area (Å²) in [6.07, 6.45) is 0. The standard InChI is InChI=1S/C7H17NO2S/c1-6(2)7(3)8-4-5-11(9)10/h6-8H,4-5H2,1-3H3,(H,9,10)/p-1. The van der Waals surface area contributed by atoms with E-state index in [-0.39, 0.29) is 5.75 Å². The maximum Gasteiger partial charge on any atom is 0.0227 e. The van der Waals surface area contributed by atoms with Crippen LogP contribution in [0.4, 0.5) is 0 Å². The van der Waals surface area contributed by atoms with Gasteiger partial charge >= 0.3 is 0 Å². The van der Waals surface area contributed by atoms with Gasteiger partial charge in [0.1, 0.15) is 0 Å². The molecular weight excluding hydrogens is 162 g/mol. The van der Waals surface area contributed by atoms with Gasteiger partial charge in [-0.05, 0) is 12.8 Å². The Labute approximate surface area is 70.9 Å². The zero-order valence-electron chi connectivity index (χ0n) is 7.29. The van der Waals surface area contributed by atoms with Gasteiger partial charge in [0, 0.05) is 18.3 Å². The van der Waals surface area contributed by atoms with Crippen molar-refractivity contribution in [3.05, 3.63) is 0 Å². The lowest BCUT2D eigenvalue weighted by atomic mass is 10.1. The molecule has 68 valence electrons. The van der Waals surface area contributed by atoms with Gasteiger partial charge in [-0.2, -0.15) is 0 Å². The SMILES string of the molecule is CC(C)C(C)NCCS(=O)[O-]. The van der Waals surface area contributed by atoms with Crippen molar-refractivity contribution in [2.45, 2.75) is 26.8 Å². The lowest BCUT2D eigenvalue weighted by Gasteiger charge is -2.17. The van der Waals surface area contributed by atoms with E-state index in [4.69, 9.17) is 0 Å². The molecule has 1 N–H and O–H groups in total. The van der Waals surface area contributed by atoms with Crippen molar-refractivity contribution < 1.29 is 8.76 Å². The van der Waals surface area contributed by atoms with Crippen LogP contribution >= 0.6 is 0 Å². The molecule has 2 atom stereocenters. The highest BCUT2D eigenvalue weighted by Crippen LogP contribution is 1.98. The summed E-state index contributed by atoms with van der Waals surface area (Å²) in [6.45, 7) is 6.81. The quantitative estimate of drug-likeness (QED) is 0.624. The van der Waals surface area contributed by atoms with E-state index in [0.717, 1.165) is 0 Å². The van der Waals surface area contributed by atoms with Crippen LogP contribution in [0.5, 0.6) is 0 Å². The molecule has 0 saturated heterocycles. The third-order valence-electron chi connectivity index (χ3n) is 1.74. The Morgan fingerprint density at radius 2 is 2.00 bits per heavy atom. The molecule has 0 spiro atoms. The van der Waals surface area contributed by atoms with Crippen molar-refractivity contribution in [3.63, 3.8) is 0 Å². The van der Waals surface area contributed by atoms with Crippen LogP contribution in [0.2, 0.25) is 0 Å². The largest absolute Gasteiger partial charge is 0.772 e. The fraction of sp³-hybridized carbons (Fsp3) is 1.00. The molecule has 0 aromatic carbocycles. The second kappa shape index (κ2) is 5.69. The molecule has 0 rings (SSSR count). The Morgan fingerprint density at radius 1 is 1.45 bits per heavy atom. The van der Waals surface area contributed by atoms with Gasteiger partial charge in [0.15, 0.2) is 0 Å². The van der Waals surface area contributed by atoms with Crippen LogP contribution in [0.25, 0.3) is 0 Å². The third-order valence-corrected chi connectivity index (χ3v) is 2.27. The monoisotopic (exact) mass is 178 g/mol. The molecule has 4 heteroatoms. The van der Waals surface area contributed by atoms with E-state index in [9.17, 15) is 8.76 Å². The van der Waals surface area contributed by atoms with Crippen molar-refractivity contribution in [2.75, 3.05) is 12.3 Å². The average Bonchev–Trinajstić information content (AvgIpc) is 1.86. The maximum atomic E-state index is 10.1. The fourth-order valence-corrected chi connectivity index (χ4v) is 0.890. The highest BCUT2D eigenvalue weighted by molar-refractivity contribution is 7.79. The second-order valence-electron chi connectivity index (χ2n) is 2.99. The summed E-state index contributed by atoms with van der Waals surface area (Å²) in [5, 5.41) is 3.12. The van der Waals surface area contributed by atoms with Crippen molar-refractivity contribution in [2.24, 2.45) is 5.92 Å². The molecule has 0 aromatic rings. The summed E-state index contributed by atoms with van der Waals surface area (Å²) in [5.74, 6) is 0.756. The van der Waals surface area contributed by atoms with E-state index in [1.165, 1.54) is 0 Å². The van der Waals surface area contributed by atoms with Gasteiger partial charge in [-0.15, -0.1) is 0 Å². The van der Waals surface area contributed by atoms with Gasteiger partial charge in [-0.1, -0.05) is 24.9 Å². The Morgan fingerprint density at radius 3 is 2.36 bits per heavy atom. The minimum Gasteiger partial charge on any atom is -0.772 e. The first-order chi connectivity index (χ1) is 5.04. The highest BCUT2D eigenvalue weighted by atomic mass is 32.2. The molecule has 0 bridgehead atoms. The van der Waals surface area contributed by atoms with E-state index >= 15 is 0 Å². The lowest BCUT2D eigenvalue weighted by Crippen LogP contribution is -2.33. The summed E-state index contributed by atoms with van der Waals surface area (Å²) in [4.78, 5) is 0. The van der Waals surface area contributed by atoms with Crippen LogP contribution in [0.15, 0.2) is 0 Å². The molecular formula is C7H16NO2S-. The summed E-state index contributed by atoms with van der Waals surface area (Å²) >= 11 is -1.91. The molecule has 0 radical (unpaired) electrons. The predicted octanol–water partition coefficient (Wildman–Crippen LogP) is 0.500. The smallest absolute Gasteiger partial charge is 0.0227 e. The van der Waals surface area contributed by atoms with Crippen molar-refractivity contribution >= 4 is 11.1 Å². The normalized spacial score (nSPS) is 16.8. The van der Waals surface area contributed by atoms with Crippen molar-refractivity contribution in [1.82, 2.24) is 5.32 Å². The van der Waals surface area contributed by atoms with Crippen LogP contribution in [0.3, 0.4) is 0 Å². The van der Waals surface area contributed by atoms with Crippen molar-refractivity contribution in [1.29, 1.82) is 0 Å². The maximum absolute atomic E-state index is 10.1. The summed E-state index contributed by atoms with van der Waals surface area (Å²) in [6, 6.07) is 0.388. The predicted molar refractivity (Wildman–Crippen MR) is 46.1 cm³/mol. The average molecular weight is 178 g/mol. The van der Waals surface area contributed by atoms with E-state index in [2.05, 4.69) is 26.1 Å². The van der Waals surface area contributed by atoms with Crippen molar-refractivity contribution in [3.8, 4) is 0 Å². The van der Waals surface area contributed by atoms with E-state index in [0.29, 0.717) is 18.5 Å². The zero-order valence-corrected chi connectivity index (χ0v) is 8.11. The Bertz CT molecular complexity index is 128. The first kappa shape index (κ1) is 11.1. The molecule has 0 aliphatic heterocycles. The molecule has 0 aliphatic rings. The molecule has 0 aliphatic carbocycles. The van der Waals surface area contributed by atoms with E-state index in [1.807, 2.05) is 0 Å². The summed E-state index contributed by atoms with van der Waals surface area (Å²) in [5.41, 5.74) is 0. The Balaban J connectivity index is 3.31. The van der Waals surface area contributed by atoms with Crippen LogP contribution in [0, 0.1) is 5.92 Å². The summed E-state index contributed by atoms with van der Waals surface area (Å²) in [7, 11) is 0. The number of hydrogen-bond donors (Lipinski definition) is 1. The van der Waals surface area contributed by atoms with Gasteiger partial charge in [0.05, 0.1) is 0 Å². The lowest BCUT2D eigenvalue weighted by molar-refractivity contribution is 0.435. The first-order valence-corrected chi connectivity index (χ1v) is 5.07. The molecule has 0 aromatic heterocycles. The van der Waals surface area contributed by atoms with Crippen LogP contribution < -0.4 is 5.32 Å². The fourth-order valence-electron chi connectivity index (χ4n) is 0.606. The number of hydrogen-bond acceptors (Lipinski definition) is 3. The molecule has 11 heavy (non-hydrogen) atoms. The van der Waals surface area contributed by atoms with Crippen LogP contribution in [-0.4, -0.2) is 27.1 Å². The Hall–Kier alpha value is 0.0700. The number of rotatable bonds is 5. The molecule has 0 amide bonds. The minimum atomic E-state index is -1.91. The molecule has 0 saturated carbocycles. The van der Waals surface area contributed by atoms with Gasteiger partial charge < -0.3 is 9.87 Å². The molecule has 2 unspecified atom stereocenters. The van der Waals surface area contributed by atoms with Gasteiger partial charge in [-0.3, -0.25) is 4.21 Å². The van der Waals surface area contributed by atoms with Gasteiger partial charge in [0.2, 0.25) is 0 Å².